The number of esters is 1. The Bertz CT molecular complexity index is 628. The minimum absolute atomic E-state index is 0.458. The van der Waals surface area contributed by atoms with Crippen LogP contribution < -0.4 is 16.2 Å². The Balaban J connectivity index is 2.35. The maximum Gasteiger partial charge on any atom is 0.328 e. The van der Waals surface area contributed by atoms with Gasteiger partial charge < -0.3 is 10.1 Å². The van der Waals surface area contributed by atoms with Gasteiger partial charge in [-0.25, -0.2) is 4.79 Å². The molecule has 0 saturated heterocycles. The third-order valence-corrected chi connectivity index (χ3v) is 2.66. The molecular weight excluding hydrogens is 314 g/mol. The zero-order valence-electron chi connectivity index (χ0n) is 13.4. The Labute approximate surface area is 139 Å². The molecule has 3 amide bonds. The number of hydrogen-bond donors (Lipinski definition) is 3. The van der Waals surface area contributed by atoms with Crippen LogP contribution in [0.1, 0.15) is 19.4 Å². The van der Waals surface area contributed by atoms with Crippen molar-refractivity contribution in [3.8, 4) is 0 Å². The average Bonchev–Trinajstić information content (AvgIpc) is 2.56. The summed E-state index contributed by atoms with van der Waals surface area (Å²) < 4.78 is 4.72. The van der Waals surface area contributed by atoms with Crippen LogP contribution in [0.5, 0.6) is 0 Å². The number of hydrazine groups is 1. The molecule has 0 fully saturated rings. The van der Waals surface area contributed by atoms with Gasteiger partial charge in [-0.05, 0) is 18.6 Å². The first-order chi connectivity index (χ1) is 11.4. The van der Waals surface area contributed by atoms with E-state index in [1.54, 1.807) is 6.08 Å². The molecule has 1 atom stereocenters. The topological polar surface area (TPSA) is 114 Å². The minimum atomic E-state index is -0.925. The molecule has 0 aliphatic heterocycles. The van der Waals surface area contributed by atoms with Gasteiger partial charge in [0.1, 0.15) is 6.04 Å². The van der Waals surface area contributed by atoms with Crippen LogP contribution in [-0.2, 0) is 23.9 Å². The highest BCUT2D eigenvalue weighted by atomic mass is 16.5. The number of benzene rings is 1. The highest BCUT2D eigenvalue weighted by Gasteiger charge is 2.17. The second-order valence-electron chi connectivity index (χ2n) is 4.81. The third-order valence-electron chi connectivity index (χ3n) is 2.66. The van der Waals surface area contributed by atoms with Gasteiger partial charge in [-0.1, -0.05) is 30.3 Å². The van der Waals surface area contributed by atoms with E-state index in [1.807, 2.05) is 35.8 Å². The van der Waals surface area contributed by atoms with Crippen LogP contribution in [0, 0.1) is 0 Å². The van der Waals surface area contributed by atoms with E-state index in [0.29, 0.717) is 0 Å². The van der Waals surface area contributed by atoms with Crippen LogP contribution in [0.15, 0.2) is 36.4 Å². The monoisotopic (exact) mass is 333 g/mol. The molecule has 0 aliphatic carbocycles. The highest BCUT2D eigenvalue weighted by Crippen LogP contribution is 2.00. The Morgan fingerprint density at radius 3 is 2.42 bits per heavy atom. The normalized spacial score (nSPS) is 11.4. The molecule has 0 aliphatic rings. The molecule has 0 aromatic heterocycles. The summed E-state index contributed by atoms with van der Waals surface area (Å²) in [5.41, 5.74) is 4.94. The number of rotatable bonds is 6. The summed E-state index contributed by atoms with van der Waals surface area (Å²) in [7, 11) is 0. The van der Waals surface area contributed by atoms with E-state index >= 15 is 0 Å². The summed E-state index contributed by atoms with van der Waals surface area (Å²) >= 11 is 0. The zero-order chi connectivity index (χ0) is 17.9. The predicted octanol–water partition coefficient (Wildman–Crippen LogP) is -0.0850. The minimum Gasteiger partial charge on any atom is -0.454 e. The van der Waals surface area contributed by atoms with Crippen LogP contribution >= 0.6 is 0 Å². The molecule has 24 heavy (non-hydrogen) atoms. The van der Waals surface area contributed by atoms with Crippen molar-refractivity contribution in [1.29, 1.82) is 0 Å². The molecule has 8 heteroatoms. The first-order valence-electron chi connectivity index (χ1n) is 7.14. The van der Waals surface area contributed by atoms with E-state index < -0.39 is 36.3 Å². The summed E-state index contributed by atoms with van der Waals surface area (Å²) in [6.07, 6.45) is 2.90. The van der Waals surface area contributed by atoms with E-state index in [-0.39, 0.29) is 0 Å². The van der Waals surface area contributed by atoms with Gasteiger partial charge in [-0.2, -0.15) is 0 Å². The van der Waals surface area contributed by atoms with Gasteiger partial charge in [-0.3, -0.25) is 25.2 Å². The van der Waals surface area contributed by atoms with Crippen molar-refractivity contribution < 1.29 is 23.9 Å². The highest BCUT2D eigenvalue weighted by molar-refractivity contribution is 5.94. The Kier molecular flexibility index (Phi) is 7.69. The summed E-state index contributed by atoms with van der Waals surface area (Å²) in [6.45, 7) is 2.08. The maximum absolute atomic E-state index is 11.7. The molecule has 1 rings (SSSR count). The van der Waals surface area contributed by atoms with Gasteiger partial charge in [0.25, 0.3) is 5.91 Å². The summed E-state index contributed by atoms with van der Waals surface area (Å²) in [5.74, 6) is -2.39. The number of carbonyl (C=O) groups excluding carboxylic acids is 4. The zero-order valence-corrected chi connectivity index (χ0v) is 13.4. The van der Waals surface area contributed by atoms with Crippen molar-refractivity contribution in [2.75, 3.05) is 6.61 Å². The molecule has 8 nitrogen and oxygen atoms in total. The van der Waals surface area contributed by atoms with E-state index in [2.05, 4.69) is 10.7 Å². The number of amides is 3. The Morgan fingerprint density at radius 2 is 1.79 bits per heavy atom. The van der Waals surface area contributed by atoms with Crippen molar-refractivity contribution in [3.05, 3.63) is 42.0 Å². The van der Waals surface area contributed by atoms with Gasteiger partial charge >= 0.3 is 5.97 Å². The third kappa shape index (κ3) is 7.74. The van der Waals surface area contributed by atoms with Crippen molar-refractivity contribution in [1.82, 2.24) is 16.2 Å². The number of hydrogen-bond acceptors (Lipinski definition) is 5. The molecule has 0 bridgehead atoms. The molecule has 0 unspecified atom stereocenters. The fraction of sp³-hybridized carbons (Fsp3) is 0.250. The van der Waals surface area contributed by atoms with E-state index in [9.17, 15) is 19.2 Å². The van der Waals surface area contributed by atoms with Crippen molar-refractivity contribution in [2.45, 2.75) is 19.9 Å². The van der Waals surface area contributed by atoms with Crippen LogP contribution in [-0.4, -0.2) is 36.3 Å². The van der Waals surface area contributed by atoms with Crippen molar-refractivity contribution in [2.24, 2.45) is 0 Å². The van der Waals surface area contributed by atoms with Gasteiger partial charge in [0.2, 0.25) is 11.8 Å². The Hall–Kier alpha value is -3.16. The molecule has 1 aromatic rings. The molecule has 0 spiro atoms. The SMILES string of the molecule is CC(=O)NNC(=O)COC(=O)[C@H](C)NC(=O)/C=C/c1ccccc1. The molecule has 3 N–H and O–H groups in total. The largest absolute Gasteiger partial charge is 0.454 e. The van der Waals surface area contributed by atoms with Crippen molar-refractivity contribution in [3.63, 3.8) is 0 Å². The van der Waals surface area contributed by atoms with Crippen LogP contribution in [0.2, 0.25) is 0 Å². The average molecular weight is 333 g/mol. The number of carbonyl (C=O) groups is 4. The molecule has 1 aromatic carbocycles. The summed E-state index contributed by atoms with van der Waals surface area (Å²) in [4.78, 5) is 45.2. The smallest absolute Gasteiger partial charge is 0.328 e. The molecule has 0 radical (unpaired) electrons. The number of nitrogens with one attached hydrogen (secondary N) is 3. The lowest BCUT2D eigenvalue weighted by Gasteiger charge is -2.12. The molecule has 0 heterocycles. The van der Waals surface area contributed by atoms with Gasteiger partial charge in [-0.15, -0.1) is 0 Å². The summed E-state index contributed by atoms with van der Waals surface area (Å²) in [5, 5.41) is 2.42. The van der Waals surface area contributed by atoms with Crippen LogP contribution in [0.4, 0.5) is 0 Å². The second kappa shape index (κ2) is 9.78. The maximum atomic E-state index is 11.7. The van der Waals surface area contributed by atoms with Gasteiger partial charge in [0, 0.05) is 13.0 Å². The van der Waals surface area contributed by atoms with Crippen LogP contribution in [0.25, 0.3) is 6.08 Å². The summed E-state index contributed by atoms with van der Waals surface area (Å²) in [6, 6.07) is 8.27. The Morgan fingerprint density at radius 1 is 1.12 bits per heavy atom. The van der Waals surface area contributed by atoms with Gasteiger partial charge in [0.05, 0.1) is 0 Å². The van der Waals surface area contributed by atoms with E-state index in [0.717, 1.165) is 5.56 Å². The molecule has 128 valence electrons. The standard InChI is InChI=1S/C16H19N3O5/c1-11(16(23)24-10-15(22)19-18-12(2)20)17-14(21)9-8-13-6-4-3-5-7-13/h3-9,11H,10H2,1-2H3,(H,17,21)(H,18,20)(H,19,22)/b9-8+/t11-/m0/s1. The fourth-order valence-corrected chi connectivity index (χ4v) is 1.51. The lowest BCUT2D eigenvalue weighted by Crippen LogP contribution is -2.44. The van der Waals surface area contributed by atoms with E-state index in [4.69, 9.17) is 4.74 Å². The first-order valence-corrected chi connectivity index (χ1v) is 7.14. The fourth-order valence-electron chi connectivity index (χ4n) is 1.51. The molecule has 0 saturated carbocycles. The lowest BCUT2D eigenvalue weighted by atomic mass is 10.2. The predicted molar refractivity (Wildman–Crippen MR) is 86.0 cm³/mol. The van der Waals surface area contributed by atoms with E-state index in [1.165, 1.54) is 19.9 Å². The lowest BCUT2D eigenvalue weighted by molar-refractivity contribution is -0.151. The van der Waals surface area contributed by atoms with Crippen molar-refractivity contribution >= 4 is 29.8 Å². The molecular formula is C16H19N3O5. The van der Waals surface area contributed by atoms with Crippen LogP contribution in [0.3, 0.4) is 0 Å². The first kappa shape index (κ1) is 18.9. The second-order valence-corrected chi connectivity index (χ2v) is 4.81. The van der Waals surface area contributed by atoms with Gasteiger partial charge in [0.15, 0.2) is 6.61 Å². The quantitative estimate of drug-likeness (QED) is 0.383. The number of ether oxygens (including phenoxy) is 1.